The van der Waals surface area contributed by atoms with Crippen LogP contribution in [0.5, 0.6) is 0 Å². The Hall–Kier alpha value is 1.03. The number of aliphatic carboxylic acids is 1. The molecule has 13 heavy (non-hydrogen) atoms. The SMILES string of the molecule is CC1(C)OC(C)(C)C1(O)C(=O)[O-].[K+]. The second kappa shape index (κ2) is 3.55. The van der Waals surface area contributed by atoms with Gasteiger partial charge >= 0.3 is 51.4 Å². The molecule has 0 spiro atoms. The number of rotatable bonds is 1. The van der Waals surface area contributed by atoms with Crippen LogP contribution in [-0.4, -0.2) is 27.9 Å². The van der Waals surface area contributed by atoms with E-state index in [1.165, 1.54) is 27.7 Å². The number of aliphatic hydroxyl groups is 1. The van der Waals surface area contributed by atoms with E-state index in [4.69, 9.17) is 4.74 Å². The van der Waals surface area contributed by atoms with Gasteiger partial charge in [0.25, 0.3) is 0 Å². The summed E-state index contributed by atoms with van der Waals surface area (Å²) in [6, 6.07) is 0. The summed E-state index contributed by atoms with van der Waals surface area (Å²) in [5.74, 6) is -1.48. The van der Waals surface area contributed by atoms with Crippen molar-refractivity contribution in [2.45, 2.75) is 44.5 Å². The van der Waals surface area contributed by atoms with Crippen LogP contribution in [0.2, 0.25) is 0 Å². The van der Waals surface area contributed by atoms with Crippen molar-refractivity contribution in [3.63, 3.8) is 0 Å². The maximum atomic E-state index is 10.7. The first-order valence-electron chi connectivity index (χ1n) is 3.79. The number of carboxylic acids is 1. The van der Waals surface area contributed by atoms with Gasteiger partial charge in [0.1, 0.15) is 11.2 Å². The van der Waals surface area contributed by atoms with Gasteiger partial charge in [0.05, 0.1) is 5.97 Å². The first-order chi connectivity index (χ1) is 5.15. The van der Waals surface area contributed by atoms with E-state index in [-0.39, 0.29) is 51.4 Å². The van der Waals surface area contributed by atoms with Gasteiger partial charge in [-0.25, -0.2) is 0 Å². The molecule has 1 saturated heterocycles. The molecule has 0 unspecified atom stereocenters. The van der Waals surface area contributed by atoms with Crippen LogP contribution in [0.4, 0.5) is 0 Å². The summed E-state index contributed by atoms with van der Waals surface area (Å²) in [4.78, 5) is 10.7. The zero-order chi connectivity index (χ0) is 9.78. The molecule has 0 aromatic rings. The Labute approximate surface area is 120 Å². The van der Waals surface area contributed by atoms with Gasteiger partial charge in [0.2, 0.25) is 0 Å². The molecule has 0 saturated carbocycles. The Morgan fingerprint density at radius 2 is 1.54 bits per heavy atom. The van der Waals surface area contributed by atoms with Crippen molar-refractivity contribution in [2.24, 2.45) is 0 Å². The van der Waals surface area contributed by atoms with Crippen molar-refractivity contribution >= 4 is 5.97 Å². The Bertz CT molecular complexity index is 220. The Morgan fingerprint density at radius 3 is 1.62 bits per heavy atom. The summed E-state index contributed by atoms with van der Waals surface area (Å²) in [7, 11) is 0. The summed E-state index contributed by atoms with van der Waals surface area (Å²) in [5, 5.41) is 20.4. The second-order valence-electron chi connectivity index (χ2n) is 4.12. The third kappa shape index (κ3) is 1.65. The van der Waals surface area contributed by atoms with E-state index in [1.807, 2.05) is 0 Å². The standard InChI is InChI=1S/C8H14O4.K/c1-6(2)8(11,5(9)10)7(3,4)12-6;/h11H,1-4H3,(H,9,10);/q;+1/p-1. The van der Waals surface area contributed by atoms with Crippen LogP contribution in [0.1, 0.15) is 27.7 Å². The summed E-state index contributed by atoms with van der Waals surface area (Å²) in [5.41, 5.74) is -4.05. The fourth-order valence-electron chi connectivity index (χ4n) is 1.96. The summed E-state index contributed by atoms with van der Waals surface area (Å²) in [6.07, 6.45) is 0. The molecule has 4 nitrogen and oxygen atoms in total. The molecular formula is C8H13KO4. The fourth-order valence-corrected chi connectivity index (χ4v) is 1.96. The largest absolute Gasteiger partial charge is 1.00 e. The number of carbonyl (C=O) groups excluding carboxylic acids is 1. The van der Waals surface area contributed by atoms with Gasteiger partial charge in [-0.3, -0.25) is 0 Å². The average molecular weight is 212 g/mol. The average Bonchev–Trinajstić information content (AvgIpc) is 1.82. The molecule has 1 aliphatic rings. The van der Waals surface area contributed by atoms with E-state index in [9.17, 15) is 15.0 Å². The third-order valence-electron chi connectivity index (χ3n) is 2.55. The quantitative estimate of drug-likeness (QED) is 0.451. The van der Waals surface area contributed by atoms with E-state index in [0.29, 0.717) is 0 Å². The molecule has 1 N–H and O–H groups in total. The summed E-state index contributed by atoms with van der Waals surface area (Å²) < 4.78 is 5.22. The van der Waals surface area contributed by atoms with Crippen LogP contribution in [-0.2, 0) is 9.53 Å². The zero-order valence-electron chi connectivity index (χ0n) is 8.67. The van der Waals surface area contributed by atoms with Crippen LogP contribution in [0.15, 0.2) is 0 Å². The molecule has 70 valence electrons. The van der Waals surface area contributed by atoms with Gasteiger partial charge < -0.3 is 19.7 Å². The summed E-state index contributed by atoms with van der Waals surface area (Å²) in [6.45, 7) is 6.09. The molecule has 0 bridgehead atoms. The number of carbonyl (C=O) groups is 1. The summed E-state index contributed by atoms with van der Waals surface area (Å²) >= 11 is 0. The van der Waals surface area contributed by atoms with E-state index in [0.717, 1.165) is 0 Å². The Kier molecular flexibility index (Phi) is 3.83. The zero-order valence-corrected chi connectivity index (χ0v) is 11.8. The smallest absolute Gasteiger partial charge is 0.547 e. The second-order valence-corrected chi connectivity index (χ2v) is 4.12. The van der Waals surface area contributed by atoms with Gasteiger partial charge in [0, 0.05) is 0 Å². The van der Waals surface area contributed by atoms with E-state index >= 15 is 0 Å². The molecule has 0 amide bonds. The number of hydrogen-bond donors (Lipinski definition) is 1. The topological polar surface area (TPSA) is 69.6 Å². The maximum Gasteiger partial charge on any atom is 1.00 e. The molecule has 0 aromatic carbocycles. The molecule has 1 rings (SSSR count). The number of hydrogen-bond acceptors (Lipinski definition) is 4. The van der Waals surface area contributed by atoms with Crippen molar-refractivity contribution in [3.8, 4) is 0 Å². The maximum absolute atomic E-state index is 10.7. The first kappa shape index (κ1) is 14.0. The molecule has 0 aliphatic carbocycles. The minimum Gasteiger partial charge on any atom is -0.547 e. The molecule has 0 radical (unpaired) electrons. The van der Waals surface area contributed by atoms with Crippen LogP contribution in [0.25, 0.3) is 0 Å². The normalized spacial score (nSPS) is 26.8. The van der Waals surface area contributed by atoms with Crippen molar-refractivity contribution < 1.29 is 71.1 Å². The molecular weight excluding hydrogens is 199 g/mol. The van der Waals surface area contributed by atoms with Gasteiger partial charge in [0.15, 0.2) is 5.60 Å². The monoisotopic (exact) mass is 212 g/mol. The van der Waals surface area contributed by atoms with Crippen molar-refractivity contribution in [1.82, 2.24) is 0 Å². The van der Waals surface area contributed by atoms with Gasteiger partial charge in [-0.05, 0) is 27.7 Å². The Morgan fingerprint density at radius 1 is 1.23 bits per heavy atom. The molecule has 5 heteroatoms. The molecule has 1 aliphatic heterocycles. The van der Waals surface area contributed by atoms with Crippen molar-refractivity contribution in [3.05, 3.63) is 0 Å². The fraction of sp³-hybridized carbons (Fsp3) is 0.875. The van der Waals surface area contributed by atoms with Gasteiger partial charge in [-0.2, -0.15) is 0 Å². The van der Waals surface area contributed by atoms with Crippen molar-refractivity contribution in [2.75, 3.05) is 0 Å². The number of ether oxygens (including phenoxy) is 1. The van der Waals surface area contributed by atoms with Crippen molar-refractivity contribution in [1.29, 1.82) is 0 Å². The van der Waals surface area contributed by atoms with E-state index < -0.39 is 22.8 Å². The predicted molar refractivity (Wildman–Crippen MR) is 39.2 cm³/mol. The van der Waals surface area contributed by atoms with Crippen LogP contribution in [0, 0.1) is 0 Å². The predicted octanol–water partition coefficient (Wildman–Crippen LogP) is -3.94. The molecule has 1 heterocycles. The molecule has 0 aromatic heterocycles. The third-order valence-corrected chi connectivity index (χ3v) is 2.55. The molecule has 1 fully saturated rings. The van der Waals surface area contributed by atoms with Crippen LogP contribution < -0.4 is 56.5 Å². The van der Waals surface area contributed by atoms with E-state index in [1.54, 1.807) is 0 Å². The van der Waals surface area contributed by atoms with Gasteiger partial charge in [-0.15, -0.1) is 0 Å². The van der Waals surface area contributed by atoms with Crippen LogP contribution in [0.3, 0.4) is 0 Å². The van der Waals surface area contributed by atoms with Gasteiger partial charge in [-0.1, -0.05) is 0 Å². The Balaban J connectivity index is 0.00000144. The first-order valence-corrected chi connectivity index (χ1v) is 3.79. The van der Waals surface area contributed by atoms with E-state index in [2.05, 4.69) is 0 Å². The molecule has 0 atom stereocenters. The minimum absolute atomic E-state index is 0. The van der Waals surface area contributed by atoms with Crippen LogP contribution >= 0.6 is 0 Å². The minimum atomic E-state index is -1.90. The number of carboxylic acid groups (broad SMARTS) is 1.